The van der Waals surface area contributed by atoms with Crippen molar-refractivity contribution in [3.8, 4) is 0 Å². The number of carboxylic acids is 5. The standard InChI is InChI=1S/C39H59N9O15.C32H54N8O14.2Gd/c1-24(49)21-46-10-8-45(9-11-47(22-31(53)54)14-15-48(13-12-46)23-32(55)56)16-17-62-39-35(59)33(57)34(58)36(63-39)38(61)44-26-4-2-25(3-5-26)43-30(52)20-42-37(60)28-6-7-29(51)41-19-27(50)18-40-28;41-20-21-13-29(54-32(52)30(21)36-25(44)16-35-31(51)23-1-2-24(43)34-15-22(42)14-33-23)53-12-11-37-3-5-38(17-26(45)46)7-9-40(19-28(49)50)10-8-39(6-4-37)18-27(47)48;;/h2-5,28,33-36,39-40,49,57-59H,1,6-23H2,(H,41,51)(H,42,60)(H,43,52)(H,44,61)(H,53,54)(H,55,56);21,23,29-30,32-33,41,52H,1-20H2,(H,34,43)(H,35,51)(H,36,44)(H,45,46)(H,47,48)(H,49,50);;. The Hall–Kier alpha value is -6.37. The number of amides is 7. The van der Waals surface area contributed by atoms with Crippen LogP contribution < -0.4 is 47.9 Å². The molecule has 1 aromatic rings. The summed E-state index contributed by atoms with van der Waals surface area (Å²) in [5.41, 5.74) is 0.516. The van der Waals surface area contributed by atoms with Crippen LogP contribution in [0.4, 0.5) is 11.4 Å². The molecule has 6 fully saturated rings. The Morgan fingerprint density at radius 2 is 0.832 bits per heavy atom. The van der Waals surface area contributed by atoms with Gasteiger partial charge in [0, 0.05) is 241 Å². The molecule has 7 amide bonds. The minimum atomic E-state index is -1.85. The molecule has 20 N–H and O–H groups in total. The number of Topliss-reactive ketones (excluding diaryl/α,β-unsaturated/α-hetero) is 2. The molecule has 48 heteroatoms. The maximum Gasteiger partial charge on any atom is 0.317 e. The molecule has 1 aromatic carbocycles. The second kappa shape index (κ2) is 55.7. The zero-order valence-corrected chi connectivity index (χ0v) is 70.3. The van der Waals surface area contributed by atoms with Gasteiger partial charge in [-0.15, -0.1) is 0 Å². The summed E-state index contributed by atoms with van der Waals surface area (Å²) in [7, 11) is 0. The van der Waals surface area contributed by atoms with Crippen LogP contribution in [0.25, 0.3) is 0 Å². The summed E-state index contributed by atoms with van der Waals surface area (Å²) in [6.07, 6.45) is -10.8. The number of nitrogens with one attached hydrogen (secondary N) is 9. The molecule has 6 saturated heterocycles. The SMILES string of the molecule is C=C(O)CN1CCN(CCOC2OC(C(=O)Nc3ccc(NC(=O)CNC(=O)C4CCC(=O)NCC(=O)CN4)cc3)C(O)C(O)C2O)CCN(CC(=O)O)CCN(CC(=O)O)CC1.O=C(O)CN1CCN(CCOC2CC(CO)C(NC(=O)CNC(=O)C3CCC(=O)NCC(=O)CN3)C(O)O2)CCN(CC(=O)O)CCN(CC(=O)O)CC1.[Gd].[Gd]. The Kier molecular flexibility index (Phi) is 49.1. The Morgan fingerprint density at radius 1 is 0.462 bits per heavy atom. The van der Waals surface area contributed by atoms with E-state index in [4.69, 9.17) is 18.9 Å². The van der Waals surface area contributed by atoms with E-state index in [1.807, 2.05) is 14.7 Å². The molecule has 6 aliphatic heterocycles. The summed E-state index contributed by atoms with van der Waals surface area (Å²) >= 11 is 0. The van der Waals surface area contributed by atoms with E-state index in [0.717, 1.165) is 0 Å². The molecule has 0 aromatic heterocycles. The summed E-state index contributed by atoms with van der Waals surface area (Å²) in [6, 6.07) is 2.99. The predicted molar refractivity (Wildman–Crippen MR) is 406 cm³/mol. The maximum atomic E-state index is 13.3. The van der Waals surface area contributed by atoms with Crippen molar-refractivity contribution in [3.63, 3.8) is 0 Å². The molecule has 0 bridgehead atoms. The molecule has 6 heterocycles. The van der Waals surface area contributed by atoms with Crippen molar-refractivity contribution in [3.05, 3.63) is 36.6 Å². The van der Waals surface area contributed by atoms with Gasteiger partial charge in [-0.1, -0.05) is 6.58 Å². The molecule has 46 nitrogen and oxygen atoms in total. The fourth-order valence-corrected chi connectivity index (χ4v) is 13.2. The van der Waals surface area contributed by atoms with E-state index >= 15 is 0 Å². The third kappa shape index (κ3) is 40.7. The van der Waals surface area contributed by atoms with Crippen molar-refractivity contribution < 1.29 is 222 Å². The second-order valence-electron chi connectivity index (χ2n) is 28.9. The van der Waals surface area contributed by atoms with E-state index in [1.54, 1.807) is 24.5 Å². The number of carbonyl (C=O) groups is 14. The Labute approximate surface area is 749 Å². The number of aliphatic carboxylic acids is 5. The number of hydrogen-bond acceptors (Lipinski definition) is 34. The van der Waals surface area contributed by atoms with Crippen LogP contribution in [0.3, 0.4) is 0 Å². The summed E-state index contributed by atoms with van der Waals surface area (Å²) in [6.45, 7) is 6.39. The average Bonchev–Trinajstić information content (AvgIpc) is 0.918. The average molecular weight is 1980 g/mol. The Balaban J connectivity index is 0.000000498. The summed E-state index contributed by atoms with van der Waals surface area (Å²) in [4.78, 5) is 183. The molecule has 0 aliphatic carbocycles. The number of ketones is 2. The fourth-order valence-electron chi connectivity index (χ4n) is 13.2. The number of carbonyl (C=O) groups excluding carboxylic acids is 9. The number of aliphatic hydroxyl groups is 6. The summed E-state index contributed by atoms with van der Waals surface area (Å²) < 4.78 is 23.0. The van der Waals surface area contributed by atoms with E-state index in [2.05, 4.69) is 54.4 Å². The number of aliphatic hydroxyl groups excluding tert-OH is 6. The van der Waals surface area contributed by atoms with Crippen molar-refractivity contribution >= 4 is 94.1 Å². The van der Waals surface area contributed by atoms with Crippen molar-refractivity contribution in [2.75, 3.05) is 227 Å². The zero-order chi connectivity index (χ0) is 85.7. The molecule has 0 spiro atoms. The van der Waals surface area contributed by atoms with Crippen LogP contribution in [0.1, 0.15) is 32.1 Å². The quantitative estimate of drug-likeness (QED) is 0.0307. The Morgan fingerprint density at radius 3 is 1.22 bits per heavy atom. The van der Waals surface area contributed by atoms with Crippen LogP contribution in [0, 0.1) is 85.8 Å². The molecular weight excluding hydrogens is 1870 g/mol. The van der Waals surface area contributed by atoms with Crippen molar-refractivity contribution in [1.82, 2.24) is 76.4 Å². The van der Waals surface area contributed by atoms with Gasteiger partial charge in [0.25, 0.3) is 5.91 Å². The van der Waals surface area contributed by atoms with Gasteiger partial charge < -0.3 is 112 Å². The molecule has 0 saturated carbocycles. The van der Waals surface area contributed by atoms with E-state index < -0.39 is 146 Å². The third-order valence-electron chi connectivity index (χ3n) is 19.7. The van der Waals surface area contributed by atoms with Crippen LogP contribution in [-0.4, -0.2) is 456 Å². The molecular formula is C71H113Gd2N17O29. The molecule has 7 rings (SSSR count). The molecule has 6 aliphatic rings. The first-order chi connectivity index (χ1) is 55.7. The largest absolute Gasteiger partial charge is 0.512 e. The van der Waals surface area contributed by atoms with Gasteiger partial charge in [0.1, 0.15) is 18.3 Å². The van der Waals surface area contributed by atoms with E-state index in [-0.39, 0.29) is 265 Å². The van der Waals surface area contributed by atoms with Crippen LogP contribution in [0.5, 0.6) is 0 Å². The van der Waals surface area contributed by atoms with Gasteiger partial charge in [-0.2, -0.15) is 0 Å². The summed E-state index contributed by atoms with van der Waals surface area (Å²) in [5, 5.41) is 133. The normalized spacial score (nSPS) is 25.5. The number of benzene rings is 1. The van der Waals surface area contributed by atoms with Crippen molar-refractivity contribution in [2.45, 2.75) is 93.5 Å². The van der Waals surface area contributed by atoms with Crippen molar-refractivity contribution in [2.24, 2.45) is 5.92 Å². The number of nitrogens with zero attached hydrogens (tertiary/aromatic N) is 8. The molecule has 119 heavy (non-hydrogen) atoms. The third-order valence-corrected chi connectivity index (χ3v) is 19.7. The van der Waals surface area contributed by atoms with Gasteiger partial charge in [-0.25, -0.2) is 0 Å². The predicted octanol–water partition coefficient (Wildman–Crippen LogP) is -10.4. The van der Waals surface area contributed by atoms with Crippen molar-refractivity contribution in [1.29, 1.82) is 0 Å². The van der Waals surface area contributed by atoms with Gasteiger partial charge in [0.05, 0.1) is 116 Å². The molecule has 11 atom stereocenters. The molecule has 672 valence electrons. The van der Waals surface area contributed by atoms with Crippen LogP contribution >= 0.6 is 0 Å². The first-order valence-electron chi connectivity index (χ1n) is 38.4. The maximum absolute atomic E-state index is 13.3. The monoisotopic (exact) mass is 1980 g/mol. The number of carboxylic acid groups (broad SMARTS) is 5. The van der Waals surface area contributed by atoms with E-state index in [1.165, 1.54) is 24.3 Å². The first-order valence-corrected chi connectivity index (χ1v) is 38.4. The van der Waals surface area contributed by atoms with E-state index in [0.29, 0.717) is 84.2 Å². The minimum Gasteiger partial charge on any atom is -0.512 e. The van der Waals surface area contributed by atoms with Crippen LogP contribution in [0.2, 0.25) is 0 Å². The van der Waals surface area contributed by atoms with E-state index in [9.17, 15) is 123 Å². The van der Waals surface area contributed by atoms with Gasteiger partial charge in [-0.3, -0.25) is 117 Å². The van der Waals surface area contributed by atoms with Gasteiger partial charge in [-0.05, 0) is 37.1 Å². The van der Waals surface area contributed by atoms with Gasteiger partial charge in [0.2, 0.25) is 35.4 Å². The first kappa shape index (κ1) is 105. The van der Waals surface area contributed by atoms with Gasteiger partial charge >= 0.3 is 29.8 Å². The minimum absolute atomic E-state index is 0. The second-order valence-corrected chi connectivity index (χ2v) is 28.9. The summed E-state index contributed by atoms with van der Waals surface area (Å²) in [5.74, 6) is -10.6. The topological polar surface area (TPSA) is 633 Å². The van der Waals surface area contributed by atoms with Crippen LogP contribution in [0.15, 0.2) is 36.6 Å². The number of rotatable bonds is 31. The zero-order valence-electron chi connectivity index (χ0n) is 65.8. The number of ether oxygens (including phenoxy) is 4. The molecule has 0 radical (unpaired) electrons. The number of anilines is 2. The fraction of sp³-hybridized carbons (Fsp3) is 0.690. The number of hydrogen-bond donors (Lipinski definition) is 20. The van der Waals surface area contributed by atoms with Gasteiger partial charge in [0.15, 0.2) is 36.5 Å². The van der Waals surface area contributed by atoms with Crippen LogP contribution in [-0.2, 0) is 86.1 Å². The Bertz CT molecular complexity index is 3390. The smallest absolute Gasteiger partial charge is 0.317 e. The molecule has 11 unspecified atom stereocenters.